The maximum absolute atomic E-state index is 3.55. The number of piperidine rings is 1. The molecule has 1 heterocycles. The van der Waals surface area contributed by atoms with Gasteiger partial charge in [-0.05, 0) is 72.5 Å². The van der Waals surface area contributed by atoms with Gasteiger partial charge in [-0.3, -0.25) is 0 Å². The van der Waals surface area contributed by atoms with Crippen LogP contribution in [0.4, 0.5) is 0 Å². The quantitative estimate of drug-likeness (QED) is 0.663. The standard InChI is InChI=1S/C13H29N3/c1-4-14-13-7-11-16(12-8-13)10-6-5-9-15(2)3/h13-14H,4-12H2,1-3H3. The molecular formula is C13H29N3. The summed E-state index contributed by atoms with van der Waals surface area (Å²) in [4.78, 5) is 4.90. The summed E-state index contributed by atoms with van der Waals surface area (Å²) >= 11 is 0. The number of rotatable bonds is 7. The van der Waals surface area contributed by atoms with E-state index in [9.17, 15) is 0 Å². The number of hydrogen-bond acceptors (Lipinski definition) is 3. The molecule has 1 N–H and O–H groups in total. The fourth-order valence-electron chi connectivity index (χ4n) is 2.41. The second kappa shape index (κ2) is 8.04. The Morgan fingerprint density at radius 1 is 1.19 bits per heavy atom. The molecule has 1 aliphatic rings. The summed E-state index contributed by atoms with van der Waals surface area (Å²) in [5.74, 6) is 0. The molecule has 0 saturated carbocycles. The van der Waals surface area contributed by atoms with E-state index in [1.165, 1.54) is 51.9 Å². The lowest BCUT2D eigenvalue weighted by atomic mass is 10.0. The molecule has 0 unspecified atom stereocenters. The lowest BCUT2D eigenvalue weighted by Gasteiger charge is -2.32. The van der Waals surface area contributed by atoms with Gasteiger partial charge in [0.25, 0.3) is 0 Å². The van der Waals surface area contributed by atoms with Crippen LogP contribution in [-0.4, -0.2) is 62.7 Å². The van der Waals surface area contributed by atoms with Crippen molar-refractivity contribution in [2.24, 2.45) is 0 Å². The first-order valence-corrected chi connectivity index (χ1v) is 6.83. The van der Waals surface area contributed by atoms with Crippen LogP contribution in [-0.2, 0) is 0 Å². The molecule has 0 atom stereocenters. The van der Waals surface area contributed by atoms with Crippen LogP contribution in [0.5, 0.6) is 0 Å². The van der Waals surface area contributed by atoms with E-state index in [1.807, 2.05) is 0 Å². The molecule has 1 rings (SSSR count). The SMILES string of the molecule is CCNC1CCN(CCCCN(C)C)CC1. The van der Waals surface area contributed by atoms with Crippen molar-refractivity contribution in [2.75, 3.05) is 46.8 Å². The lowest BCUT2D eigenvalue weighted by Crippen LogP contribution is -2.42. The minimum atomic E-state index is 0.781. The number of likely N-dealkylation sites (tertiary alicyclic amines) is 1. The highest BCUT2D eigenvalue weighted by Crippen LogP contribution is 2.10. The van der Waals surface area contributed by atoms with E-state index in [1.54, 1.807) is 0 Å². The zero-order chi connectivity index (χ0) is 11.8. The van der Waals surface area contributed by atoms with Crippen LogP contribution in [0.25, 0.3) is 0 Å². The summed E-state index contributed by atoms with van der Waals surface area (Å²) in [5, 5.41) is 3.55. The topological polar surface area (TPSA) is 18.5 Å². The monoisotopic (exact) mass is 227 g/mol. The molecule has 1 aliphatic heterocycles. The minimum absolute atomic E-state index is 0.781. The van der Waals surface area contributed by atoms with Crippen molar-refractivity contribution in [1.82, 2.24) is 15.1 Å². The van der Waals surface area contributed by atoms with Crippen LogP contribution in [0, 0.1) is 0 Å². The summed E-state index contributed by atoms with van der Waals surface area (Å²) < 4.78 is 0. The average molecular weight is 227 g/mol. The Kier molecular flexibility index (Phi) is 7.01. The Bertz CT molecular complexity index is 163. The Labute approximate surface area is 101 Å². The summed E-state index contributed by atoms with van der Waals surface area (Å²) in [6.07, 6.45) is 5.35. The summed E-state index contributed by atoms with van der Waals surface area (Å²) in [5.41, 5.74) is 0. The van der Waals surface area contributed by atoms with Crippen LogP contribution in [0.2, 0.25) is 0 Å². The van der Waals surface area contributed by atoms with Crippen molar-refractivity contribution in [3.8, 4) is 0 Å². The van der Waals surface area contributed by atoms with Gasteiger partial charge < -0.3 is 15.1 Å². The van der Waals surface area contributed by atoms with Crippen molar-refractivity contribution in [3.63, 3.8) is 0 Å². The van der Waals surface area contributed by atoms with E-state index in [0.29, 0.717) is 0 Å². The molecule has 96 valence electrons. The van der Waals surface area contributed by atoms with Crippen LogP contribution in [0.15, 0.2) is 0 Å². The van der Waals surface area contributed by atoms with E-state index in [4.69, 9.17) is 0 Å². The molecule has 0 aromatic rings. The van der Waals surface area contributed by atoms with Crippen LogP contribution in [0.1, 0.15) is 32.6 Å². The molecule has 0 bridgehead atoms. The third-order valence-corrected chi connectivity index (χ3v) is 3.41. The number of hydrogen-bond donors (Lipinski definition) is 1. The van der Waals surface area contributed by atoms with E-state index in [0.717, 1.165) is 12.6 Å². The Balaban J connectivity index is 1.99. The zero-order valence-electron chi connectivity index (χ0n) is 11.3. The normalized spacial score (nSPS) is 19.5. The van der Waals surface area contributed by atoms with E-state index in [-0.39, 0.29) is 0 Å². The molecule has 0 spiro atoms. The zero-order valence-corrected chi connectivity index (χ0v) is 11.3. The third-order valence-electron chi connectivity index (χ3n) is 3.41. The second-order valence-electron chi connectivity index (χ2n) is 5.18. The van der Waals surface area contributed by atoms with Gasteiger partial charge in [-0.2, -0.15) is 0 Å². The fourth-order valence-corrected chi connectivity index (χ4v) is 2.41. The molecule has 1 fully saturated rings. The molecule has 0 amide bonds. The molecule has 3 nitrogen and oxygen atoms in total. The smallest absolute Gasteiger partial charge is 0.00912 e. The predicted molar refractivity (Wildman–Crippen MR) is 70.9 cm³/mol. The maximum atomic E-state index is 3.55. The maximum Gasteiger partial charge on any atom is 0.00912 e. The highest BCUT2D eigenvalue weighted by molar-refractivity contribution is 4.76. The van der Waals surface area contributed by atoms with Gasteiger partial charge in [-0.15, -0.1) is 0 Å². The van der Waals surface area contributed by atoms with Crippen molar-refractivity contribution in [3.05, 3.63) is 0 Å². The molecule has 0 aromatic carbocycles. The van der Waals surface area contributed by atoms with Crippen LogP contribution >= 0.6 is 0 Å². The van der Waals surface area contributed by atoms with Gasteiger partial charge in [0.2, 0.25) is 0 Å². The largest absolute Gasteiger partial charge is 0.314 e. The molecule has 3 heteroatoms. The van der Waals surface area contributed by atoms with Crippen LogP contribution < -0.4 is 5.32 Å². The number of unbranched alkanes of at least 4 members (excludes halogenated alkanes) is 1. The second-order valence-corrected chi connectivity index (χ2v) is 5.18. The number of nitrogens with zero attached hydrogens (tertiary/aromatic N) is 2. The van der Waals surface area contributed by atoms with E-state index >= 15 is 0 Å². The Hall–Kier alpha value is -0.120. The Morgan fingerprint density at radius 2 is 1.88 bits per heavy atom. The van der Waals surface area contributed by atoms with Crippen LogP contribution in [0.3, 0.4) is 0 Å². The van der Waals surface area contributed by atoms with Crippen molar-refractivity contribution >= 4 is 0 Å². The first kappa shape index (κ1) is 13.9. The highest BCUT2D eigenvalue weighted by atomic mass is 15.1. The van der Waals surface area contributed by atoms with E-state index < -0.39 is 0 Å². The fraction of sp³-hybridized carbons (Fsp3) is 1.00. The minimum Gasteiger partial charge on any atom is -0.314 e. The molecule has 0 aliphatic carbocycles. The van der Waals surface area contributed by atoms with Gasteiger partial charge in [0.1, 0.15) is 0 Å². The molecule has 1 saturated heterocycles. The van der Waals surface area contributed by atoms with Gasteiger partial charge >= 0.3 is 0 Å². The van der Waals surface area contributed by atoms with Gasteiger partial charge in [-0.25, -0.2) is 0 Å². The van der Waals surface area contributed by atoms with Crippen molar-refractivity contribution in [2.45, 2.75) is 38.6 Å². The summed E-state index contributed by atoms with van der Waals surface area (Å²) in [6, 6.07) is 0.781. The van der Waals surface area contributed by atoms with Gasteiger partial charge in [0.15, 0.2) is 0 Å². The molecule has 0 radical (unpaired) electrons. The van der Waals surface area contributed by atoms with Gasteiger partial charge in [-0.1, -0.05) is 6.92 Å². The average Bonchev–Trinajstić information content (AvgIpc) is 2.27. The van der Waals surface area contributed by atoms with Crippen molar-refractivity contribution in [1.29, 1.82) is 0 Å². The molecular weight excluding hydrogens is 198 g/mol. The third kappa shape index (κ3) is 5.83. The van der Waals surface area contributed by atoms with Crippen molar-refractivity contribution < 1.29 is 0 Å². The first-order valence-electron chi connectivity index (χ1n) is 6.83. The highest BCUT2D eigenvalue weighted by Gasteiger charge is 2.17. The van der Waals surface area contributed by atoms with Gasteiger partial charge in [0, 0.05) is 6.04 Å². The summed E-state index contributed by atoms with van der Waals surface area (Å²) in [7, 11) is 4.31. The molecule has 16 heavy (non-hydrogen) atoms. The summed E-state index contributed by atoms with van der Waals surface area (Å²) in [6.45, 7) is 8.43. The molecule has 0 aromatic heterocycles. The van der Waals surface area contributed by atoms with E-state index in [2.05, 4.69) is 36.1 Å². The predicted octanol–water partition coefficient (Wildman–Crippen LogP) is 1.40. The number of nitrogens with one attached hydrogen (secondary N) is 1. The lowest BCUT2D eigenvalue weighted by molar-refractivity contribution is 0.194. The van der Waals surface area contributed by atoms with Gasteiger partial charge in [0.05, 0.1) is 0 Å². The Morgan fingerprint density at radius 3 is 2.44 bits per heavy atom. The first-order chi connectivity index (χ1) is 7.72.